The lowest BCUT2D eigenvalue weighted by atomic mass is 10.0. The van der Waals surface area contributed by atoms with Gasteiger partial charge in [0.2, 0.25) is 29.5 Å². The van der Waals surface area contributed by atoms with Crippen molar-refractivity contribution in [1.82, 2.24) is 16.0 Å². The molecule has 0 saturated heterocycles. The van der Waals surface area contributed by atoms with Crippen molar-refractivity contribution in [2.45, 2.75) is 57.3 Å². The predicted octanol–water partition coefficient (Wildman–Crippen LogP) is -3.42. The monoisotopic (exact) mass is 462 g/mol. The van der Waals surface area contributed by atoms with Gasteiger partial charge in [-0.15, -0.1) is 0 Å². The van der Waals surface area contributed by atoms with Gasteiger partial charge in [-0.3, -0.25) is 24.0 Å². The summed E-state index contributed by atoms with van der Waals surface area (Å²) < 4.78 is 0. The third-order valence-corrected chi connectivity index (χ3v) is 4.51. The minimum absolute atomic E-state index is 0.0356. The van der Waals surface area contributed by atoms with E-state index in [0.717, 1.165) is 0 Å². The first-order chi connectivity index (χ1) is 14.3. The number of hydrogen-bond donors (Lipinski definition) is 8. The number of carboxylic acids is 1. The van der Waals surface area contributed by atoms with Gasteiger partial charge in [-0.2, -0.15) is 12.6 Å². The molecular weight excluding hydrogens is 432 g/mol. The van der Waals surface area contributed by atoms with Crippen molar-refractivity contribution in [3.63, 3.8) is 0 Å². The van der Waals surface area contributed by atoms with Gasteiger partial charge in [0.15, 0.2) is 0 Å². The molecule has 0 saturated carbocycles. The van der Waals surface area contributed by atoms with E-state index in [1.807, 2.05) is 0 Å². The number of nitrogens with two attached hydrogens (primary N) is 3. The molecule has 0 aliphatic heterocycles. The fourth-order valence-corrected chi connectivity index (χ4v) is 2.53. The Balaban J connectivity index is 5.55. The van der Waals surface area contributed by atoms with Gasteiger partial charge in [0, 0.05) is 12.2 Å². The SMILES string of the molecule is CC(C)C(NC(=O)C(CCC(N)=O)NC(=O)C(CC(N)=O)NC(=O)C(N)CS)C(=O)O. The van der Waals surface area contributed by atoms with Crippen molar-refractivity contribution >= 4 is 48.1 Å². The van der Waals surface area contributed by atoms with Crippen LogP contribution >= 0.6 is 12.6 Å². The second-order valence-electron chi connectivity index (χ2n) is 7.16. The fraction of sp³-hybridized carbons (Fsp3) is 0.647. The molecule has 0 aromatic rings. The second kappa shape index (κ2) is 13.4. The molecule has 0 aliphatic rings. The number of rotatable bonds is 14. The van der Waals surface area contributed by atoms with E-state index in [1.165, 1.54) is 0 Å². The maximum absolute atomic E-state index is 12.6. The maximum atomic E-state index is 12.6. The number of nitrogens with one attached hydrogen (secondary N) is 3. The summed E-state index contributed by atoms with van der Waals surface area (Å²) in [5.74, 6) is -6.09. The third-order valence-electron chi connectivity index (χ3n) is 4.11. The van der Waals surface area contributed by atoms with E-state index in [2.05, 4.69) is 28.6 Å². The Kier molecular flexibility index (Phi) is 12.2. The average molecular weight is 463 g/mol. The second-order valence-corrected chi connectivity index (χ2v) is 7.52. The zero-order chi connectivity index (χ0) is 24.3. The molecule has 31 heavy (non-hydrogen) atoms. The van der Waals surface area contributed by atoms with E-state index in [1.54, 1.807) is 13.8 Å². The minimum atomic E-state index is -1.46. The standard InChI is InChI=1S/C17H30N6O7S/c1-7(2)13(17(29)30)23-15(27)9(3-4-11(19)24)21-16(28)10(5-12(20)25)22-14(26)8(18)6-31/h7-10,13,31H,3-6,18H2,1-2H3,(H2,19,24)(H2,20,25)(H,21,28)(H,22,26)(H,23,27)(H,29,30). The normalized spacial score (nSPS) is 14.6. The van der Waals surface area contributed by atoms with E-state index in [4.69, 9.17) is 17.2 Å². The van der Waals surface area contributed by atoms with Crippen molar-refractivity contribution in [3.8, 4) is 0 Å². The Morgan fingerprint density at radius 2 is 1.39 bits per heavy atom. The summed E-state index contributed by atoms with van der Waals surface area (Å²) in [6, 6.07) is -5.15. The van der Waals surface area contributed by atoms with Crippen molar-refractivity contribution < 1.29 is 33.9 Å². The van der Waals surface area contributed by atoms with Crippen molar-refractivity contribution in [2.24, 2.45) is 23.1 Å². The summed E-state index contributed by atoms with van der Waals surface area (Å²) >= 11 is 3.87. The molecule has 4 unspecified atom stereocenters. The molecule has 0 aromatic heterocycles. The molecule has 0 heterocycles. The van der Waals surface area contributed by atoms with E-state index >= 15 is 0 Å². The van der Waals surface area contributed by atoms with Crippen LogP contribution in [-0.2, 0) is 28.8 Å². The molecule has 14 heteroatoms. The summed E-state index contributed by atoms with van der Waals surface area (Å²) in [6.45, 7) is 3.14. The highest BCUT2D eigenvalue weighted by atomic mass is 32.1. The van der Waals surface area contributed by atoms with E-state index in [0.29, 0.717) is 0 Å². The molecule has 0 aliphatic carbocycles. The quantitative estimate of drug-likeness (QED) is 0.121. The highest BCUT2D eigenvalue weighted by Gasteiger charge is 2.31. The minimum Gasteiger partial charge on any atom is -0.480 e. The first-order valence-electron chi connectivity index (χ1n) is 9.37. The molecule has 5 amide bonds. The van der Waals surface area contributed by atoms with E-state index < -0.39 is 72.0 Å². The Morgan fingerprint density at radius 3 is 1.81 bits per heavy atom. The topological polar surface area (TPSA) is 237 Å². The molecule has 0 aromatic carbocycles. The molecule has 0 bridgehead atoms. The Morgan fingerprint density at radius 1 is 0.871 bits per heavy atom. The van der Waals surface area contributed by atoms with Crippen molar-refractivity contribution in [3.05, 3.63) is 0 Å². The zero-order valence-electron chi connectivity index (χ0n) is 17.3. The summed E-state index contributed by atoms with van der Waals surface area (Å²) in [4.78, 5) is 71.0. The van der Waals surface area contributed by atoms with Gasteiger partial charge in [0.05, 0.1) is 12.5 Å². The first kappa shape index (κ1) is 28.1. The van der Waals surface area contributed by atoms with Crippen LogP contribution in [-0.4, -0.2) is 70.5 Å². The van der Waals surface area contributed by atoms with Gasteiger partial charge >= 0.3 is 5.97 Å². The van der Waals surface area contributed by atoms with Gasteiger partial charge in [-0.1, -0.05) is 13.8 Å². The van der Waals surface area contributed by atoms with Crippen LogP contribution < -0.4 is 33.2 Å². The number of aliphatic carboxylic acids is 1. The summed E-state index contributed by atoms with van der Waals surface area (Å²) in [5, 5.41) is 16.1. The number of hydrogen-bond acceptors (Lipinski definition) is 8. The van der Waals surface area contributed by atoms with E-state index in [9.17, 15) is 33.9 Å². The number of carboxylic acid groups (broad SMARTS) is 1. The van der Waals surface area contributed by atoms with Gasteiger partial charge < -0.3 is 38.3 Å². The van der Waals surface area contributed by atoms with Crippen LogP contribution in [0.3, 0.4) is 0 Å². The number of thiol groups is 1. The molecule has 4 atom stereocenters. The highest BCUT2D eigenvalue weighted by Crippen LogP contribution is 2.06. The number of carbonyl (C=O) groups is 6. The predicted molar refractivity (Wildman–Crippen MR) is 112 cm³/mol. The summed E-state index contributed by atoms with van der Waals surface area (Å²) in [6.07, 6.45) is -1.13. The first-order valence-corrected chi connectivity index (χ1v) is 10.00. The van der Waals surface area contributed by atoms with Gasteiger partial charge in [0.1, 0.15) is 18.1 Å². The van der Waals surface area contributed by atoms with Crippen molar-refractivity contribution in [1.29, 1.82) is 0 Å². The largest absolute Gasteiger partial charge is 0.480 e. The zero-order valence-corrected chi connectivity index (χ0v) is 18.2. The van der Waals surface area contributed by atoms with Crippen LogP contribution in [0.2, 0.25) is 0 Å². The average Bonchev–Trinajstić information content (AvgIpc) is 2.66. The van der Waals surface area contributed by atoms with Crippen LogP contribution in [0.1, 0.15) is 33.1 Å². The smallest absolute Gasteiger partial charge is 0.326 e. The van der Waals surface area contributed by atoms with Gasteiger partial charge in [-0.25, -0.2) is 4.79 Å². The van der Waals surface area contributed by atoms with Gasteiger partial charge in [0.25, 0.3) is 0 Å². The lowest BCUT2D eigenvalue weighted by Crippen LogP contribution is -2.58. The lowest BCUT2D eigenvalue weighted by Gasteiger charge is -2.25. The molecular formula is C17H30N6O7S. The van der Waals surface area contributed by atoms with Crippen LogP contribution in [0, 0.1) is 5.92 Å². The molecule has 0 radical (unpaired) electrons. The van der Waals surface area contributed by atoms with Crippen LogP contribution in [0.25, 0.3) is 0 Å². The van der Waals surface area contributed by atoms with Gasteiger partial charge in [-0.05, 0) is 12.3 Å². The molecule has 10 N–H and O–H groups in total. The maximum Gasteiger partial charge on any atom is 0.326 e. The molecule has 0 fully saturated rings. The third kappa shape index (κ3) is 10.6. The molecule has 176 valence electrons. The summed E-state index contributed by atoms with van der Waals surface area (Å²) in [5.41, 5.74) is 15.7. The molecule has 0 spiro atoms. The Hall–Kier alpha value is -2.87. The van der Waals surface area contributed by atoms with Crippen LogP contribution in [0.4, 0.5) is 0 Å². The van der Waals surface area contributed by atoms with Crippen LogP contribution in [0.15, 0.2) is 0 Å². The molecule has 0 rings (SSSR count). The molecule has 13 nitrogen and oxygen atoms in total. The van der Waals surface area contributed by atoms with Crippen molar-refractivity contribution in [2.75, 3.05) is 5.75 Å². The lowest BCUT2D eigenvalue weighted by molar-refractivity contribution is -0.143. The highest BCUT2D eigenvalue weighted by molar-refractivity contribution is 7.80. The Bertz CT molecular complexity index is 702. The number of carbonyl (C=O) groups excluding carboxylic acids is 5. The Labute approximate surface area is 184 Å². The fourth-order valence-electron chi connectivity index (χ4n) is 2.37. The van der Waals surface area contributed by atoms with E-state index in [-0.39, 0.29) is 18.6 Å². The number of amides is 5. The number of primary amides is 2. The van der Waals surface area contributed by atoms with Crippen LogP contribution in [0.5, 0.6) is 0 Å². The summed E-state index contributed by atoms with van der Waals surface area (Å²) in [7, 11) is 0.